The standard InChI is InChI=1S/C22H36O4/c1-2-3-4-5-6-7-8-9-10-20-11-12-21-22(19-20)26-18-16-24-14-13-23-15-17-25-21/h11-12,19H,2-10,13-18H2,1H3. The molecule has 0 spiro atoms. The van der Waals surface area contributed by atoms with Crippen LogP contribution in [0.15, 0.2) is 18.2 Å². The Hall–Kier alpha value is -1.26. The second kappa shape index (κ2) is 13.9. The van der Waals surface area contributed by atoms with E-state index in [1.165, 1.54) is 56.9 Å². The average molecular weight is 365 g/mol. The zero-order valence-electron chi connectivity index (χ0n) is 16.5. The van der Waals surface area contributed by atoms with Crippen LogP contribution < -0.4 is 9.47 Å². The van der Waals surface area contributed by atoms with Gasteiger partial charge >= 0.3 is 0 Å². The maximum atomic E-state index is 5.89. The van der Waals surface area contributed by atoms with E-state index in [0.29, 0.717) is 39.6 Å². The molecule has 1 aliphatic heterocycles. The van der Waals surface area contributed by atoms with Gasteiger partial charge in [0.15, 0.2) is 11.5 Å². The van der Waals surface area contributed by atoms with Crippen LogP contribution in [0, 0.1) is 0 Å². The van der Waals surface area contributed by atoms with Crippen LogP contribution in [0.2, 0.25) is 0 Å². The maximum Gasteiger partial charge on any atom is 0.161 e. The van der Waals surface area contributed by atoms with Gasteiger partial charge in [0.05, 0.1) is 26.4 Å². The SMILES string of the molecule is CCCCCCCCCCc1ccc2c(c1)OCCOCCOCCO2. The molecule has 0 saturated carbocycles. The predicted octanol–water partition coefficient (Wildman–Crippen LogP) is 5.17. The minimum atomic E-state index is 0.535. The zero-order chi connectivity index (χ0) is 18.3. The number of hydrogen-bond donors (Lipinski definition) is 0. The molecule has 0 amide bonds. The molecule has 1 aliphatic rings. The number of hydrogen-bond acceptors (Lipinski definition) is 4. The molecule has 0 bridgehead atoms. The molecule has 0 aromatic heterocycles. The largest absolute Gasteiger partial charge is 0.487 e. The van der Waals surface area contributed by atoms with E-state index in [2.05, 4.69) is 19.1 Å². The van der Waals surface area contributed by atoms with Gasteiger partial charge in [-0.15, -0.1) is 0 Å². The van der Waals surface area contributed by atoms with Crippen LogP contribution in [-0.2, 0) is 15.9 Å². The van der Waals surface area contributed by atoms with Crippen LogP contribution in [0.4, 0.5) is 0 Å². The maximum absolute atomic E-state index is 5.89. The number of unbranched alkanes of at least 4 members (excludes halogenated alkanes) is 7. The molecule has 0 N–H and O–H groups in total. The van der Waals surface area contributed by atoms with Crippen molar-refractivity contribution in [2.45, 2.75) is 64.7 Å². The normalized spacial score (nSPS) is 15.9. The van der Waals surface area contributed by atoms with Gasteiger partial charge in [-0.1, -0.05) is 57.9 Å². The van der Waals surface area contributed by atoms with Gasteiger partial charge in [0.25, 0.3) is 0 Å². The van der Waals surface area contributed by atoms with E-state index in [1.807, 2.05) is 6.07 Å². The van der Waals surface area contributed by atoms with Crippen LogP contribution in [-0.4, -0.2) is 39.6 Å². The third-order valence-corrected chi connectivity index (χ3v) is 4.67. The molecule has 0 saturated heterocycles. The molecule has 0 aliphatic carbocycles. The molecule has 4 nitrogen and oxygen atoms in total. The first-order chi connectivity index (χ1) is 12.9. The van der Waals surface area contributed by atoms with Crippen LogP contribution in [0.25, 0.3) is 0 Å². The first kappa shape index (κ1) is 21.0. The number of fused-ring (bicyclic) bond motifs is 1. The van der Waals surface area contributed by atoms with E-state index in [9.17, 15) is 0 Å². The van der Waals surface area contributed by atoms with Crippen molar-refractivity contribution in [3.63, 3.8) is 0 Å². The van der Waals surface area contributed by atoms with E-state index >= 15 is 0 Å². The van der Waals surface area contributed by atoms with Crippen molar-refractivity contribution in [3.8, 4) is 11.5 Å². The first-order valence-electron chi connectivity index (χ1n) is 10.4. The topological polar surface area (TPSA) is 36.9 Å². The van der Waals surface area contributed by atoms with E-state index in [0.717, 1.165) is 17.9 Å². The van der Waals surface area contributed by atoms with Crippen molar-refractivity contribution in [1.29, 1.82) is 0 Å². The summed E-state index contributed by atoms with van der Waals surface area (Å²) in [5, 5.41) is 0. The van der Waals surface area contributed by atoms with Gasteiger partial charge in [-0.25, -0.2) is 0 Å². The fourth-order valence-corrected chi connectivity index (χ4v) is 3.15. The van der Waals surface area contributed by atoms with Crippen molar-refractivity contribution >= 4 is 0 Å². The number of benzene rings is 1. The van der Waals surface area contributed by atoms with Gasteiger partial charge in [0, 0.05) is 0 Å². The smallest absolute Gasteiger partial charge is 0.161 e. The molecule has 0 fully saturated rings. The third kappa shape index (κ3) is 8.91. The van der Waals surface area contributed by atoms with Gasteiger partial charge < -0.3 is 18.9 Å². The summed E-state index contributed by atoms with van der Waals surface area (Å²) in [6, 6.07) is 6.32. The molecule has 0 atom stereocenters. The van der Waals surface area contributed by atoms with Crippen molar-refractivity contribution < 1.29 is 18.9 Å². The summed E-state index contributed by atoms with van der Waals surface area (Å²) in [6.07, 6.45) is 11.9. The van der Waals surface area contributed by atoms with E-state index < -0.39 is 0 Å². The number of aryl methyl sites for hydroxylation is 1. The highest BCUT2D eigenvalue weighted by molar-refractivity contribution is 5.43. The Morgan fingerprint density at radius 3 is 1.92 bits per heavy atom. The summed E-state index contributed by atoms with van der Waals surface area (Å²) in [6.45, 7) is 5.70. The number of rotatable bonds is 9. The Morgan fingerprint density at radius 1 is 0.654 bits per heavy atom. The minimum Gasteiger partial charge on any atom is -0.487 e. The second-order valence-electron chi connectivity index (χ2n) is 6.93. The lowest BCUT2D eigenvalue weighted by atomic mass is 10.0. The molecule has 4 heteroatoms. The number of ether oxygens (including phenoxy) is 4. The fourth-order valence-electron chi connectivity index (χ4n) is 3.15. The highest BCUT2D eigenvalue weighted by Crippen LogP contribution is 2.29. The Labute approximate surface area is 159 Å². The van der Waals surface area contributed by atoms with E-state index in [1.54, 1.807) is 0 Å². The zero-order valence-corrected chi connectivity index (χ0v) is 16.5. The first-order valence-corrected chi connectivity index (χ1v) is 10.4. The molecule has 148 valence electrons. The second-order valence-corrected chi connectivity index (χ2v) is 6.93. The average Bonchev–Trinajstić information content (AvgIpc) is 2.65. The van der Waals surface area contributed by atoms with Crippen molar-refractivity contribution in [3.05, 3.63) is 23.8 Å². The monoisotopic (exact) mass is 364 g/mol. The Balaban J connectivity index is 1.74. The Bertz CT molecular complexity index is 475. The quantitative estimate of drug-likeness (QED) is 0.566. The summed E-state index contributed by atoms with van der Waals surface area (Å²) < 4.78 is 22.7. The highest BCUT2D eigenvalue weighted by Gasteiger charge is 2.08. The van der Waals surface area contributed by atoms with Gasteiger partial charge in [-0.3, -0.25) is 0 Å². The third-order valence-electron chi connectivity index (χ3n) is 4.67. The highest BCUT2D eigenvalue weighted by atomic mass is 16.6. The lowest BCUT2D eigenvalue weighted by Gasteiger charge is -2.16. The summed E-state index contributed by atoms with van der Waals surface area (Å²) in [5.41, 5.74) is 1.32. The molecule has 0 radical (unpaired) electrons. The molecule has 1 aromatic carbocycles. The van der Waals surface area contributed by atoms with Gasteiger partial charge in [-0.2, -0.15) is 0 Å². The van der Waals surface area contributed by atoms with Crippen LogP contribution >= 0.6 is 0 Å². The van der Waals surface area contributed by atoms with E-state index in [4.69, 9.17) is 18.9 Å². The van der Waals surface area contributed by atoms with Crippen molar-refractivity contribution in [1.82, 2.24) is 0 Å². The van der Waals surface area contributed by atoms with Gasteiger partial charge in [0.2, 0.25) is 0 Å². The summed E-state index contributed by atoms with van der Waals surface area (Å²) in [7, 11) is 0. The summed E-state index contributed by atoms with van der Waals surface area (Å²) in [4.78, 5) is 0. The van der Waals surface area contributed by atoms with Crippen molar-refractivity contribution in [2.24, 2.45) is 0 Å². The predicted molar refractivity (Wildman–Crippen MR) is 105 cm³/mol. The van der Waals surface area contributed by atoms with Crippen LogP contribution in [0.5, 0.6) is 11.5 Å². The molecule has 1 heterocycles. The van der Waals surface area contributed by atoms with Crippen molar-refractivity contribution in [2.75, 3.05) is 39.6 Å². The molecule has 1 aromatic rings. The van der Waals surface area contributed by atoms with Gasteiger partial charge in [0.1, 0.15) is 13.2 Å². The lowest BCUT2D eigenvalue weighted by Crippen LogP contribution is -2.15. The molecule has 0 unspecified atom stereocenters. The summed E-state index contributed by atoms with van der Waals surface area (Å²) >= 11 is 0. The van der Waals surface area contributed by atoms with Crippen LogP contribution in [0.3, 0.4) is 0 Å². The van der Waals surface area contributed by atoms with E-state index in [-0.39, 0.29) is 0 Å². The lowest BCUT2D eigenvalue weighted by molar-refractivity contribution is 0.0223. The molecular formula is C22H36O4. The molecule has 2 rings (SSSR count). The Morgan fingerprint density at radius 2 is 1.23 bits per heavy atom. The fraction of sp³-hybridized carbons (Fsp3) is 0.727. The molecular weight excluding hydrogens is 328 g/mol. The Kier molecular flexibility index (Phi) is 11.2. The minimum absolute atomic E-state index is 0.535. The molecule has 26 heavy (non-hydrogen) atoms. The summed E-state index contributed by atoms with van der Waals surface area (Å²) in [5.74, 6) is 1.63. The van der Waals surface area contributed by atoms with Gasteiger partial charge in [-0.05, 0) is 30.5 Å². The van der Waals surface area contributed by atoms with Crippen LogP contribution in [0.1, 0.15) is 63.9 Å².